The summed E-state index contributed by atoms with van der Waals surface area (Å²) in [5, 5.41) is 6.00. The Bertz CT molecular complexity index is 1040. The summed E-state index contributed by atoms with van der Waals surface area (Å²) >= 11 is 0. The number of fused-ring (bicyclic) bond motifs is 1. The third-order valence-electron chi connectivity index (χ3n) is 5.50. The Hall–Kier alpha value is -2.89. The Kier molecular flexibility index (Phi) is 4.47. The van der Waals surface area contributed by atoms with E-state index in [-0.39, 0.29) is 0 Å². The van der Waals surface area contributed by atoms with Gasteiger partial charge in [-0.2, -0.15) is 5.10 Å². The van der Waals surface area contributed by atoms with E-state index in [0.29, 0.717) is 6.04 Å². The van der Waals surface area contributed by atoms with Gasteiger partial charge in [-0.15, -0.1) is 0 Å². The van der Waals surface area contributed by atoms with E-state index in [1.54, 1.807) is 0 Å². The second kappa shape index (κ2) is 7.26. The van der Waals surface area contributed by atoms with E-state index < -0.39 is 0 Å². The second-order valence-corrected chi connectivity index (χ2v) is 7.55. The van der Waals surface area contributed by atoms with Crippen molar-refractivity contribution in [2.75, 3.05) is 13.1 Å². The molecule has 0 atom stereocenters. The number of hydrogen-bond acceptors (Lipinski definition) is 4. The van der Waals surface area contributed by atoms with Gasteiger partial charge in [0.25, 0.3) is 0 Å². The largest absolute Gasteiger partial charge is 0.454 e. The first-order chi connectivity index (χ1) is 13.8. The molecule has 1 saturated heterocycles. The van der Waals surface area contributed by atoms with Gasteiger partial charge in [-0.05, 0) is 50.2 Å². The number of aromatic nitrogens is 2. The molecule has 1 aliphatic rings. The molecule has 4 aromatic rings. The number of nitrogens with zero attached hydrogens (tertiary/aromatic N) is 3. The van der Waals surface area contributed by atoms with Crippen LogP contribution >= 0.6 is 0 Å². The van der Waals surface area contributed by atoms with Crippen molar-refractivity contribution in [2.24, 2.45) is 5.73 Å². The predicted molar refractivity (Wildman–Crippen MR) is 111 cm³/mol. The molecule has 3 heterocycles. The number of rotatable bonds is 4. The molecule has 0 aliphatic carbocycles. The van der Waals surface area contributed by atoms with Crippen LogP contribution in [0.3, 0.4) is 0 Å². The number of nitrogens with two attached hydrogens (primary N) is 1. The average Bonchev–Trinajstić information content (AvgIpc) is 3.34. The molecule has 2 aromatic heterocycles. The van der Waals surface area contributed by atoms with Gasteiger partial charge in [-0.25, -0.2) is 4.68 Å². The first-order valence-electron chi connectivity index (χ1n) is 9.87. The summed E-state index contributed by atoms with van der Waals surface area (Å²) in [7, 11) is 0. The lowest BCUT2D eigenvalue weighted by molar-refractivity contribution is 0.206. The maximum absolute atomic E-state index is 6.14. The van der Waals surface area contributed by atoms with E-state index >= 15 is 0 Å². The van der Waals surface area contributed by atoms with Crippen LogP contribution in [0, 0.1) is 0 Å². The number of piperidine rings is 1. The summed E-state index contributed by atoms with van der Waals surface area (Å²) in [5.74, 6) is 0.819. The average molecular weight is 372 g/mol. The van der Waals surface area contributed by atoms with E-state index in [1.807, 2.05) is 41.1 Å². The van der Waals surface area contributed by atoms with Gasteiger partial charge in [0.1, 0.15) is 11.3 Å². The summed E-state index contributed by atoms with van der Waals surface area (Å²) in [6.07, 6.45) is 4.23. The molecule has 2 N–H and O–H groups in total. The SMILES string of the molecule is NC1CCN(Cc2cn(-c3ccccc3)nc2-c2cc3ccccc3o2)CC1. The normalized spacial score (nSPS) is 16.0. The van der Waals surface area contributed by atoms with E-state index in [2.05, 4.69) is 35.4 Å². The Morgan fingerprint density at radius 2 is 1.75 bits per heavy atom. The second-order valence-electron chi connectivity index (χ2n) is 7.55. The third-order valence-corrected chi connectivity index (χ3v) is 5.50. The summed E-state index contributed by atoms with van der Waals surface area (Å²) in [6, 6.07) is 20.7. The van der Waals surface area contributed by atoms with E-state index in [0.717, 1.165) is 60.6 Å². The van der Waals surface area contributed by atoms with Gasteiger partial charge in [0.2, 0.25) is 0 Å². The van der Waals surface area contributed by atoms with Crippen LogP contribution in [0.4, 0.5) is 0 Å². The van der Waals surface area contributed by atoms with Crippen molar-refractivity contribution in [3.05, 3.63) is 72.4 Å². The standard InChI is InChI=1S/C23H24N4O/c24-19-10-12-26(13-11-19)15-18-16-27(20-7-2-1-3-8-20)25-23(18)22-14-17-6-4-5-9-21(17)28-22/h1-9,14,16,19H,10-13,15,24H2. The molecule has 0 unspecified atom stereocenters. The molecular weight excluding hydrogens is 348 g/mol. The molecule has 5 nitrogen and oxygen atoms in total. The Morgan fingerprint density at radius 1 is 1.00 bits per heavy atom. The summed E-state index contributed by atoms with van der Waals surface area (Å²) < 4.78 is 8.09. The van der Waals surface area contributed by atoms with Crippen molar-refractivity contribution < 1.29 is 4.42 Å². The minimum atomic E-state index is 0.332. The van der Waals surface area contributed by atoms with Crippen LogP contribution in [0.1, 0.15) is 18.4 Å². The highest BCUT2D eigenvalue weighted by molar-refractivity contribution is 5.82. The van der Waals surface area contributed by atoms with Crippen molar-refractivity contribution >= 4 is 11.0 Å². The molecule has 2 aromatic carbocycles. The third kappa shape index (κ3) is 3.35. The predicted octanol–water partition coefficient (Wildman–Crippen LogP) is 4.21. The van der Waals surface area contributed by atoms with E-state index in [1.165, 1.54) is 5.56 Å². The fraction of sp³-hybridized carbons (Fsp3) is 0.261. The van der Waals surface area contributed by atoms with E-state index in [9.17, 15) is 0 Å². The van der Waals surface area contributed by atoms with Crippen LogP contribution in [-0.2, 0) is 6.54 Å². The molecule has 28 heavy (non-hydrogen) atoms. The quantitative estimate of drug-likeness (QED) is 0.583. The van der Waals surface area contributed by atoms with Gasteiger partial charge >= 0.3 is 0 Å². The number of likely N-dealkylation sites (tertiary alicyclic amines) is 1. The lowest BCUT2D eigenvalue weighted by Crippen LogP contribution is -2.39. The van der Waals surface area contributed by atoms with Crippen LogP contribution in [-0.4, -0.2) is 33.8 Å². The highest BCUT2D eigenvalue weighted by Gasteiger charge is 2.21. The first-order valence-corrected chi connectivity index (χ1v) is 9.87. The molecule has 0 spiro atoms. The molecule has 5 rings (SSSR count). The van der Waals surface area contributed by atoms with Gasteiger partial charge in [0.05, 0.1) is 5.69 Å². The van der Waals surface area contributed by atoms with E-state index in [4.69, 9.17) is 15.2 Å². The molecule has 5 heteroatoms. The fourth-order valence-electron chi connectivity index (χ4n) is 3.90. The molecule has 142 valence electrons. The smallest absolute Gasteiger partial charge is 0.156 e. The number of para-hydroxylation sites is 2. The molecule has 0 radical (unpaired) electrons. The molecule has 0 bridgehead atoms. The van der Waals surface area contributed by atoms with Crippen LogP contribution in [0.5, 0.6) is 0 Å². The van der Waals surface area contributed by atoms with Crippen LogP contribution in [0.15, 0.2) is 71.3 Å². The monoisotopic (exact) mass is 372 g/mol. The zero-order valence-electron chi connectivity index (χ0n) is 15.8. The highest BCUT2D eigenvalue weighted by Crippen LogP contribution is 2.31. The number of furan rings is 1. The minimum absolute atomic E-state index is 0.332. The molecule has 1 fully saturated rings. The van der Waals surface area contributed by atoms with Crippen molar-refractivity contribution in [2.45, 2.75) is 25.4 Å². The van der Waals surface area contributed by atoms with Gasteiger partial charge < -0.3 is 10.2 Å². The molecular formula is C23H24N4O. The Morgan fingerprint density at radius 3 is 2.54 bits per heavy atom. The van der Waals surface area contributed by atoms with Crippen molar-refractivity contribution in [1.29, 1.82) is 0 Å². The van der Waals surface area contributed by atoms with Crippen LogP contribution in [0.2, 0.25) is 0 Å². The molecule has 0 amide bonds. The minimum Gasteiger partial charge on any atom is -0.454 e. The topological polar surface area (TPSA) is 60.2 Å². The van der Waals surface area contributed by atoms with Gasteiger partial charge in [0, 0.05) is 29.7 Å². The molecule has 0 saturated carbocycles. The van der Waals surface area contributed by atoms with Crippen LogP contribution in [0.25, 0.3) is 28.1 Å². The van der Waals surface area contributed by atoms with Gasteiger partial charge in [-0.3, -0.25) is 4.90 Å². The van der Waals surface area contributed by atoms with Gasteiger partial charge in [0.15, 0.2) is 5.76 Å². The summed E-state index contributed by atoms with van der Waals surface area (Å²) in [4.78, 5) is 2.46. The maximum Gasteiger partial charge on any atom is 0.156 e. The number of benzene rings is 2. The van der Waals surface area contributed by atoms with Crippen molar-refractivity contribution in [3.8, 4) is 17.1 Å². The lowest BCUT2D eigenvalue weighted by atomic mass is 10.1. The number of hydrogen-bond donors (Lipinski definition) is 1. The zero-order chi connectivity index (χ0) is 18.9. The van der Waals surface area contributed by atoms with Gasteiger partial charge in [-0.1, -0.05) is 36.4 Å². The van der Waals surface area contributed by atoms with Crippen molar-refractivity contribution in [3.63, 3.8) is 0 Å². The van der Waals surface area contributed by atoms with Crippen molar-refractivity contribution in [1.82, 2.24) is 14.7 Å². The maximum atomic E-state index is 6.14. The lowest BCUT2D eigenvalue weighted by Gasteiger charge is -2.29. The summed E-state index contributed by atoms with van der Waals surface area (Å²) in [5.41, 5.74) is 10.1. The zero-order valence-corrected chi connectivity index (χ0v) is 15.8. The Balaban J connectivity index is 1.54. The highest BCUT2D eigenvalue weighted by atomic mass is 16.3. The fourth-order valence-corrected chi connectivity index (χ4v) is 3.90. The molecule has 1 aliphatic heterocycles. The Labute approximate surface area is 164 Å². The first kappa shape index (κ1) is 17.2. The summed E-state index contributed by atoms with van der Waals surface area (Å²) in [6.45, 7) is 2.90. The van der Waals surface area contributed by atoms with Crippen LogP contribution < -0.4 is 5.73 Å².